The maximum Gasteiger partial charge on any atom is 0.271 e. The number of rotatable bonds is 6. The first-order valence-electron chi connectivity index (χ1n) is 11.2. The van der Waals surface area contributed by atoms with Crippen LogP contribution in [0.25, 0.3) is 0 Å². The van der Waals surface area contributed by atoms with E-state index in [4.69, 9.17) is 0 Å². The van der Waals surface area contributed by atoms with Crippen LogP contribution < -0.4 is 10.2 Å². The second-order valence-electron chi connectivity index (χ2n) is 8.53. The van der Waals surface area contributed by atoms with Crippen LogP contribution in [0, 0.1) is 20.8 Å². The number of aromatic nitrogens is 2. The van der Waals surface area contributed by atoms with Crippen LogP contribution in [-0.4, -0.2) is 27.8 Å². The van der Waals surface area contributed by atoms with Crippen LogP contribution in [-0.2, 0) is 4.79 Å². The summed E-state index contributed by atoms with van der Waals surface area (Å²) >= 11 is 1.37. The number of hydrogen-bond donors (Lipinski definition) is 2. The zero-order valence-corrected chi connectivity index (χ0v) is 19.7. The van der Waals surface area contributed by atoms with Gasteiger partial charge < -0.3 is 10.3 Å². The van der Waals surface area contributed by atoms with Crippen molar-refractivity contribution in [3.8, 4) is 0 Å². The zero-order valence-electron chi connectivity index (χ0n) is 18.9. The molecule has 0 saturated heterocycles. The average molecular weight is 451 g/mol. The van der Waals surface area contributed by atoms with E-state index in [0.717, 1.165) is 36.3 Å². The van der Waals surface area contributed by atoms with Crippen LogP contribution in [0.3, 0.4) is 0 Å². The fourth-order valence-corrected chi connectivity index (χ4v) is 5.22. The summed E-state index contributed by atoms with van der Waals surface area (Å²) in [6, 6.07) is 10.8. The van der Waals surface area contributed by atoms with Gasteiger partial charge in [-0.2, -0.15) is 0 Å². The Morgan fingerprint density at radius 2 is 1.81 bits per heavy atom. The van der Waals surface area contributed by atoms with Gasteiger partial charge in [-0.1, -0.05) is 37.0 Å². The first kappa shape index (κ1) is 22.3. The third kappa shape index (κ3) is 4.78. The van der Waals surface area contributed by atoms with Crippen molar-refractivity contribution in [3.63, 3.8) is 0 Å². The minimum atomic E-state index is -0.802. The van der Waals surface area contributed by atoms with Crippen LogP contribution in [0.1, 0.15) is 69.8 Å². The largest absolute Gasteiger partial charge is 0.363 e. The lowest BCUT2D eigenvalue weighted by Gasteiger charge is -2.32. The van der Waals surface area contributed by atoms with Crippen molar-refractivity contribution < 1.29 is 9.59 Å². The number of amides is 2. The van der Waals surface area contributed by atoms with E-state index in [1.165, 1.54) is 17.8 Å². The lowest BCUT2D eigenvalue weighted by Crippen LogP contribution is -2.47. The van der Waals surface area contributed by atoms with E-state index >= 15 is 0 Å². The molecule has 0 radical (unpaired) electrons. The fourth-order valence-electron chi connectivity index (χ4n) is 4.37. The number of thiazole rings is 1. The Bertz CT molecular complexity index is 1070. The molecule has 1 aliphatic rings. The summed E-state index contributed by atoms with van der Waals surface area (Å²) in [4.78, 5) is 37.4. The molecule has 0 spiro atoms. The molecule has 0 bridgehead atoms. The van der Waals surface area contributed by atoms with E-state index in [-0.39, 0.29) is 17.9 Å². The fraction of sp³-hybridized carbons (Fsp3) is 0.400. The third-order valence-electron chi connectivity index (χ3n) is 6.00. The number of anilines is 1. The third-order valence-corrected chi connectivity index (χ3v) is 7.06. The van der Waals surface area contributed by atoms with Gasteiger partial charge in [0.1, 0.15) is 4.88 Å². The lowest BCUT2D eigenvalue weighted by atomic mass is 9.95. The van der Waals surface area contributed by atoms with Gasteiger partial charge in [-0.25, -0.2) is 4.98 Å². The first-order valence-corrected chi connectivity index (χ1v) is 12.0. The summed E-state index contributed by atoms with van der Waals surface area (Å²) < 4.78 is 0. The number of hydrogen-bond acceptors (Lipinski definition) is 4. The topological polar surface area (TPSA) is 78.1 Å². The van der Waals surface area contributed by atoms with E-state index in [1.807, 2.05) is 57.2 Å². The molecule has 7 heteroatoms. The number of carbonyl (C=O) groups is 2. The molecule has 32 heavy (non-hydrogen) atoms. The Labute approximate surface area is 193 Å². The Morgan fingerprint density at radius 1 is 1.09 bits per heavy atom. The number of aryl methyl sites for hydroxylation is 3. The molecule has 6 nitrogen and oxygen atoms in total. The predicted octanol–water partition coefficient (Wildman–Crippen LogP) is 5.23. The maximum absolute atomic E-state index is 13.9. The summed E-state index contributed by atoms with van der Waals surface area (Å²) in [6.07, 6.45) is 7.21. The molecule has 1 aliphatic carbocycles. The number of aromatic amines is 1. The SMILES string of the molecule is Cc1ccc(N(C(=O)c2sc(C)nc2C)C(C(=O)NC2CCCCC2)c2ccc[nH]2)cc1. The van der Waals surface area contributed by atoms with Crippen molar-refractivity contribution in [1.82, 2.24) is 15.3 Å². The van der Waals surface area contributed by atoms with Crippen LogP contribution in [0.15, 0.2) is 42.6 Å². The van der Waals surface area contributed by atoms with Crippen LogP contribution >= 0.6 is 11.3 Å². The minimum Gasteiger partial charge on any atom is -0.363 e. The van der Waals surface area contributed by atoms with Crippen molar-refractivity contribution in [2.45, 2.75) is 65.0 Å². The zero-order chi connectivity index (χ0) is 22.7. The number of nitrogens with one attached hydrogen (secondary N) is 2. The number of H-pyrrole nitrogens is 1. The molecule has 2 amide bonds. The maximum atomic E-state index is 13.9. The summed E-state index contributed by atoms with van der Waals surface area (Å²) in [6.45, 7) is 5.74. The van der Waals surface area contributed by atoms with Gasteiger partial charge in [-0.05, 0) is 57.9 Å². The molecular weight excluding hydrogens is 420 g/mol. The molecule has 4 rings (SSSR count). The molecule has 2 aromatic heterocycles. The molecule has 1 aromatic carbocycles. The minimum absolute atomic E-state index is 0.149. The van der Waals surface area contributed by atoms with Gasteiger partial charge in [0.15, 0.2) is 6.04 Å². The molecule has 3 aromatic rings. The Balaban J connectivity index is 1.77. The Kier molecular flexibility index (Phi) is 6.74. The van der Waals surface area contributed by atoms with Gasteiger partial charge in [0.05, 0.1) is 10.7 Å². The van der Waals surface area contributed by atoms with Gasteiger partial charge in [-0.3, -0.25) is 14.5 Å². The van der Waals surface area contributed by atoms with Gasteiger partial charge in [0.2, 0.25) is 5.91 Å². The molecule has 2 heterocycles. The van der Waals surface area contributed by atoms with Gasteiger partial charge in [-0.15, -0.1) is 11.3 Å². The molecule has 0 aliphatic heterocycles. The monoisotopic (exact) mass is 450 g/mol. The molecular formula is C25H30N4O2S. The van der Waals surface area contributed by atoms with E-state index in [1.54, 1.807) is 11.1 Å². The molecule has 1 unspecified atom stereocenters. The molecule has 1 saturated carbocycles. The Hall–Kier alpha value is -2.93. The van der Waals surface area contributed by atoms with Crippen LogP contribution in [0.2, 0.25) is 0 Å². The van der Waals surface area contributed by atoms with Gasteiger partial charge >= 0.3 is 0 Å². The van der Waals surface area contributed by atoms with E-state index in [2.05, 4.69) is 15.3 Å². The van der Waals surface area contributed by atoms with Crippen molar-refractivity contribution in [2.75, 3.05) is 4.90 Å². The van der Waals surface area contributed by atoms with Gasteiger partial charge in [0, 0.05) is 23.6 Å². The number of nitrogens with zero attached hydrogens (tertiary/aromatic N) is 2. The van der Waals surface area contributed by atoms with E-state index in [0.29, 0.717) is 22.0 Å². The van der Waals surface area contributed by atoms with Crippen LogP contribution in [0.4, 0.5) is 5.69 Å². The second-order valence-corrected chi connectivity index (χ2v) is 9.73. The number of carbonyl (C=O) groups excluding carboxylic acids is 2. The molecule has 2 N–H and O–H groups in total. The normalized spacial score (nSPS) is 15.3. The predicted molar refractivity (Wildman–Crippen MR) is 128 cm³/mol. The smallest absolute Gasteiger partial charge is 0.271 e. The standard InChI is InChI=1S/C25H30N4O2S/c1-16-11-13-20(14-12-16)29(25(31)23-17(2)27-18(3)32-23)22(21-10-7-15-26-21)24(30)28-19-8-5-4-6-9-19/h7,10-15,19,22,26H,4-6,8-9H2,1-3H3,(H,28,30). The molecule has 168 valence electrons. The molecule has 1 fully saturated rings. The Morgan fingerprint density at radius 3 is 2.41 bits per heavy atom. The first-order chi connectivity index (χ1) is 15.4. The summed E-state index contributed by atoms with van der Waals surface area (Å²) in [5.41, 5.74) is 3.15. The summed E-state index contributed by atoms with van der Waals surface area (Å²) in [7, 11) is 0. The highest BCUT2D eigenvalue weighted by molar-refractivity contribution is 7.13. The highest BCUT2D eigenvalue weighted by atomic mass is 32.1. The van der Waals surface area contributed by atoms with Crippen molar-refractivity contribution >= 4 is 28.8 Å². The lowest BCUT2D eigenvalue weighted by molar-refractivity contribution is -0.123. The highest BCUT2D eigenvalue weighted by Crippen LogP contribution is 2.32. The number of benzene rings is 1. The van der Waals surface area contributed by atoms with E-state index < -0.39 is 6.04 Å². The van der Waals surface area contributed by atoms with E-state index in [9.17, 15) is 9.59 Å². The average Bonchev–Trinajstić information content (AvgIpc) is 3.42. The summed E-state index contributed by atoms with van der Waals surface area (Å²) in [5, 5.41) is 4.06. The van der Waals surface area contributed by atoms with Crippen LogP contribution in [0.5, 0.6) is 0 Å². The second kappa shape index (κ2) is 9.69. The van der Waals surface area contributed by atoms with Crippen molar-refractivity contribution in [1.29, 1.82) is 0 Å². The van der Waals surface area contributed by atoms with Gasteiger partial charge in [0.25, 0.3) is 5.91 Å². The quantitative estimate of drug-likeness (QED) is 0.539. The van der Waals surface area contributed by atoms with Crippen molar-refractivity contribution in [2.24, 2.45) is 0 Å². The molecule has 1 atom stereocenters. The highest BCUT2D eigenvalue weighted by Gasteiger charge is 2.36. The summed E-state index contributed by atoms with van der Waals surface area (Å²) in [5.74, 6) is -0.373. The van der Waals surface area contributed by atoms with Crippen molar-refractivity contribution in [3.05, 3.63) is 69.4 Å².